The van der Waals surface area contributed by atoms with E-state index in [1.807, 2.05) is 24.3 Å². The summed E-state index contributed by atoms with van der Waals surface area (Å²) < 4.78 is 0. The molecule has 20 heavy (non-hydrogen) atoms. The van der Waals surface area contributed by atoms with E-state index in [1.54, 1.807) is 18.5 Å². The Balaban J connectivity index is 2.05. The van der Waals surface area contributed by atoms with Gasteiger partial charge in [0.15, 0.2) is 5.78 Å². The number of aryl methyl sites for hydroxylation is 1. The van der Waals surface area contributed by atoms with Crippen molar-refractivity contribution in [2.24, 2.45) is 5.92 Å². The van der Waals surface area contributed by atoms with Crippen molar-refractivity contribution < 1.29 is 14.7 Å². The second kappa shape index (κ2) is 4.89. The van der Waals surface area contributed by atoms with Gasteiger partial charge in [0.2, 0.25) is 0 Å². The highest BCUT2D eigenvalue weighted by Crippen LogP contribution is 2.29. The van der Waals surface area contributed by atoms with Gasteiger partial charge >= 0.3 is 5.97 Å². The standard InChI is InChI=1S/C16H13NO3/c18-15-13(16(19)20)6-5-10-3-4-11(8-14(10)15)12-2-1-7-17-9-12/h1-4,7-9,13H,5-6H2,(H,19,20). The molecule has 1 aliphatic rings. The monoisotopic (exact) mass is 267 g/mol. The quantitative estimate of drug-likeness (QED) is 0.849. The number of hydrogen-bond acceptors (Lipinski definition) is 3. The summed E-state index contributed by atoms with van der Waals surface area (Å²) >= 11 is 0. The third-order valence-electron chi connectivity index (χ3n) is 3.69. The Morgan fingerprint density at radius 3 is 2.80 bits per heavy atom. The number of rotatable bonds is 2. The molecule has 0 amide bonds. The Labute approximate surface area is 116 Å². The van der Waals surface area contributed by atoms with Gasteiger partial charge < -0.3 is 5.11 Å². The van der Waals surface area contributed by atoms with Crippen LogP contribution < -0.4 is 0 Å². The van der Waals surface area contributed by atoms with E-state index in [-0.39, 0.29) is 5.78 Å². The lowest BCUT2D eigenvalue weighted by molar-refractivity contribution is -0.140. The number of fused-ring (bicyclic) bond motifs is 1. The molecule has 4 nitrogen and oxygen atoms in total. The average molecular weight is 267 g/mol. The number of aromatic nitrogens is 1. The molecule has 1 aliphatic carbocycles. The van der Waals surface area contributed by atoms with Crippen LogP contribution in [0.25, 0.3) is 11.1 Å². The van der Waals surface area contributed by atoms with Crippen LogP contribution in [-0.2, 0) is 11.2 Å². The van der Waals surface area contributed by atoms with E-state index < -0.39 is 11.9 Å². The summed E-state index contributed by atoms with van der Waals surface area (Å²) in [5.41, 5.74) is 3.27. The molecule has 0 bridgehead atoms. The predicted octanol–water partition coefficient (Wildman–Crippen LogP) is 2.58. The first kappa shape index (κ1) is 12.5. The first-order valence-electron chi connectivity index (χ1n) is 6.47. The van der Waals surface area contributed by atoms with E-state index in [0.717, 1.165) is 16.7 Å². The summed E-state index contributed by atoms with van der Waals surface area (Å²) in [6.07, 6.45) is 4.43. The van der Waals surface area contributed by atoms with Crippen molar-refractivity contribution in [1.29, 1.82) is 0 Å². The van der Waals surface area contributed by atoms with Crippen molar-refractivity contribution in [3.05, 3.63) is 53.9 Å². The van der Waals surface area contributed by atoms with Crippen molar-refractivity contribution in [2.75, 3.05) is 0 Å². The normalized spacial score (nSPS) is 17.6. The lowest BCUT2D eigenvalue weighted by Crippen LogP contribution is -2.29. The van der Waals surface area contributed by atoms with Crippen LogP contribution in [0.15, 0.2) is 42.7 Å². The summed E-state index contributed by atoms with van der Waals surface area (Å²) in [5, 5.41) is 9.09. The molecule has 0 aliphatic heterocycles. The molecule has 0 saturated carbocycles. The van der Waals surface area contributed by atoms with Crippen LogP contribution in [0.5, 0.6) is 0 Å². The Kier molecular flexibility index (Phi) is 3.06. The zero-order valence-electron chi connectivity index (χ0n) is 10.7. The largest absolute Gasteiger partial charge is 0.481 e. The summed E-state index contributed by atoms with van der Waals surface area (Å²) in [5.74, 6) is -2.23. The van der Waals surface area contributed by atoms with E-state index in [4.69, 9.17) is 5.11 Å². The molecule has 1 heterocycles. The third kappa shape index (κ3) is 2.09. The highest BCUT2D eigenvalue weighted by Gasteiger charge is 2.32. The maximum atomic E-state index is 12.2. The average Bonchev–Trinajstić information content (AvgIpc) is 2.48. The fourth-order valence-electron chi connectivity index (χ4n) is 2.59. The number of Topliss-reactive ketones (excluding diaryl/α,β-unsaturated/α-hetero) is 1. The van der Waals surface area contributed by atoms with Crippen LogP contribution in [0.3, 0.4) is 0 Å². The van der Waals surface area contributed by atoms with Crippen molar-refractivity contribution in [2.45, 2.75) is 12.8 Å². The van der Waals surface area contributed by atoms with Gasteiger partial charge in [-0.25, -0.2) is 0 Å². The van der Waals surface area contributed by atoms with Gasteiger partial charge in [0.1, 0.15) is 5.92 Å². The van der Waals surface area contributed by atoms with Crippen LogP contribution in [0, 0.1) is 5.92 Å². The van der Waals surface area contributed by atoms with Gasteiger partial charge in [-0.3, -0.25) is 14.6 Å². The van der Waals surface area contributed by atoms with Crippen molar-refractivity contribution in [3.63, 3.8) is 0 Å². The maximum Gasteiger partial charge on any atom is 0.314 e. The van der Waals surface area contributed by atoms with Gasteiger partial charge in [-0.05, 0) is 36.1 Å². The number of carboxylic acid groups (broad SMARTS) is 1. The van der Waals surface area contributed by atoms with E-state index in [1.165, 1.54) is 0 Å². The summed E-state index contributed by atoms with van der Waals surface area (Å²) in [6.45, 7) is 0. The van der Waals surface area contributed by atoms with Crippen LogP contribution in [0.4, 0.5) is 0 Å². The van der Waals surface area contributed by atoms with Gasteiger partial charge in [0.25, 0.3) is 0 Å². The number of pyridine rings is 1. The van der Waals surface area contributed by atoms with Crippen LogP contribution in [-0.4, -0.2) is 21.8 Å². The molecule has 100 valence electrons. The second-order valence-corrected chi connectivity index (χ2v) is 4.91. The van der Waals surface area contributed by atoms with Gasteiger partial charge in [0.05, 0.1) is 0 Å². The van der Waals surface area contributed by atoms with Gasteiger partial charge in [-0.1, -0.05) is 18.2 Å². The lowest BCUT2D eigenvalue weighted by atomic mass is 9.81. The van der Waals surface area contributed by atoms with E-state index in [9.17, 15) is 9.59 Å². The number of benzene rings is 1. The van der Waals surface area contributed by atoms with Crippen molar-refractivity contribution >= 4 is 11.8 Å². The molecular formula is C16H13NO3. The van der Waals surface area contributed by atoms with E-state index >= 15 is 0 Å². The first-order valence-corrected chi connectivity index (χ1v) is 6.47. The molecule has 1 atom stereocenters. The molecule has 1 aromatic heterocycles. The molecule has 0 saturated heterocycles. The third-order valence-corrected chi connectivity index (χ3v) is 3.69. The molecule has 0 fully saturated rings. The molecule has 3 rings (SSSR count). The fourth-order valence-corrected chi connectivity index (χ4v) is 2.59. The first-order chi connectivity index (χ1) is 9.66. The minimum Gasteiger partial charge on any atom is -0.481 e. The van der Waals surface area contributed by atoms with Crippen molar-refractivity contribution in [1.82, 2.24) is 4.98 Å². The number of carbonyl (C=O) groups is 2. The zero-order valence-corrected chi connectivity index (χ0v) is 10.7. The van der Waals surface area contributed by atoms with Crippen LogP contribution in [0.1, 0.15) is 22.3 Å². The summed E-state index contributed by atoms with van der Waals surface area (Å²) in [6, 6.07) is 9.38. The number of carbonyl (C=O) groups excluding carboxylic acids is 1. The van der Waals surface area contributed by atoms with Crippen LogP contribution in [0.2, 0.25) is 0 Å². The number of hydrogen-bond donors (Lipinski definition) is 1. The highest BCUT2D eigenvalue weighted by atomic mass is 16.4. The van der Waals surface area contributed by atoms with Gasteiger partial charge in [-0.15, -0.1) is 0 Å². The molecule has 1 aromatic carbocycles. The number of ketones is 1. The molecule has 4 heteroatoms. The minimum atomic E-state index is -1.03. The fraction of sp³-hybridized carbons (Fsp3) is 0.188. The molecule has 0 radical (unpaired) electrons. The Morgan fingerprint density at radius 2 is 2.10 bits per heavy atom. The smallest absolute Gasteiger partial charge is 0.314 e. The predicted molar refractivity (Wildman–Crippen MR) is 73.5 cm³/mol. The molecule has 1 unspecified atom stereocenters. The lowest BCUT2D eigenvalue weighted by Gasteiger charge is -2.21. The molecular weight excluding hydrogens is 254 g/mol. The Morgan fingerprint density at radius 1 is 1.25 bits per heavy atom. The number of carboxylic acids is 1. The topological polar surface area (TPSA) is 67.3 Å². The number of aliphatic carboxylic acids is 1. The van der Waals surface area contributed by atoms with E-state index in [2.05, 4.69) is 4.98 Å². The number of nitrogens with zero attached hydrogens (tertiary/aromatic N) is 1. The Hall–Kier alpha value is -2.49. The maximum absolute atomic E-state index is 12.2. The van der Waals surface area contributed by atoms with Crippen LogP contribution >= 0.6 is 0 Å². The summed E-state index contributed by atoms with van der Waals surface area (Å²) in [4.78, 5) is 27.4. The second-order valence-electron chi connectivity index (χ2n) is 4.91. The molecule has 0 spiro atoms. The molecule has 1 N–H and O–H groups in total. The highest BCUT2D eigenvalue weighted by molar-refractivity contribution is 6.10. The molecule has 2 aromatic rings. The Bertz CT molecular complexity index is 679. The summed E-state index contributed by atoms with van der Waals surface area (Å²) in [7, 11) is 0. The van der Waals surface area contributed by atoms with Gasteiger partial charge in [-0.2, -0.15) is 0 Å². The van der Waals surface area contributed by atoms with Gasteiger partial charge in [0, 0.05) is 23.5 Å². The van der Waals surface area contributed by atoms with Crippen molar-refractivity contribution in [3.8, 4) is 11.1 Å². The zero-order chi connectivity index (χ0) is 14.1. The minimum absolute atomic E-state index is 0.288. The van der Waals surface area contributed by atoms with E-state index in [0.29, 0.717) is 18.4 Å². The SMILES string of the molecule is O=C(O)C1CCc2ccc(-c3cccnc3)cc2C1=O.